The summed E-state index contributed by atoms with van der Waals surface area (Å²) in [4.78, 5) is 13.7. The highest BCUT2D eigenvalue weighted by atomic mass is 16.5. The summed E-state index contributed by atoms with van der Waals surface area (Å²) >= 11 is 0. The maximum Gasteiger partial charge on any atom is 0.305 e. The van der Waals surface area contributed by atoms with Gasteiger partial charge in [-0.05, 0) is 38.1 Å². The molecule has 0 bridgehead atoms. The van der Waals surface area contributed by atoms with Crippen LogP contribution < -0.4 is 0 Å². The van der Waals surface area contributed by atoms with E-state index in [9.17, 15) is 4.79 Å². The second-order valence-electron chi connectivity index (χ2n) is 5.33. The zero-order chi connectivity index (χ0) is 12.7. The van der Waals surface area contributed by atoms with Gasteiger partial charge in [-0.1, -0.05) is 20.3 Å². The molecule has 1 aliphatic rings. The van der Waals surface area contributed by atoms with Crippen LogP contribution in [0.3, 0.4) is 0 Å². The lowest BCUT2D eigenvalue weighted by molar-refractivity contribution is -0.143. The highest BCUT2D eigenvalue weighted by Crippen LogP contribution is 2.22. The van der Waals surface area contributed by atoms with Crippen LogP contribution in [0.1, 0.15) is 46.5 Å². The maximum absolute atomic E-state index is 11.1. The Morgan fingerprint density at radius 1 is 1.18 bits per heavy atom. The number of rotatable bonds is 7. The summed E-state index contributed by atoms with van der Waals surface area (Å²) in [6, 6.07) is 0. The minimum Gasteiger partial charge on any atom is -0.466 e. The Hall–Kier alpha value is -0.570. The maximum atomic E-state index is 11.1. The van der Waals surface area contributed by atoms with Crippen molar-refractivity contribution in [2.24, 2.45) is 11.8 Å². The van der Waals surface area contributed by atoms with Gasteiger partial charge in [-0.3, -0.25) is 4.79 Å². The number of esters is 1. The lowest BCUT2D eigenvalue weighted by Crippen LogP contribution is -2.21. The van der Waals surface area contributed by atoms with E-state index in [1.807, 2.05) is 6.92 Å². The van der Waals surface area contributed by atoms with Crippen molar-refractivity contribution in [1.29, 1.82) is 0 Å². The van der Waals surface area contributed by atoms with E-state index in [-0.39, 0.29) is 5.97 Å². The molecule has 0 aromatic rings. The first-order valence-electron chi connectivity index (χ1n) is 7.01. The summed E-state index contributed by atoms with van der Waals surface area (Å²) in [5, 5.41) is 0. The molecule has 1 saturated heterocycles. The van der Waals surface area contributed by atoms with E-state index in [1.165, 1.54) is 26.1 Å². The molecule has 0 aromatic carbocycles. The minimum absolute atomic E-state index is 0.0454. The second kappa shape index (κ2) is 7.70. The number of carbonyl (C=O) groups is 1. The van der Waals surface area contributed by atoms with Gasteiger partial charge in [0.2, 0.25) is 0 Å². The number of ether oxygens (including phenoxy) is 1. The predicted molar refractivity (Wildman–Crippen MR) is 69.9 cm³/mol. The van der Waals surface area contributed by atoms with Crippen molar-refractivity contribution in [3.8, 4) is 0 Å². The van der Waals surface area contributed by atoms with E-state index in [0.717, 1.165) is 24.7 Å². The SMILES string of the molecule is CCOC(=O)CCCCCN1CC(C)C(C)C1. The molecule has 0 amide bonds. The Morgan fingerprint density at radius 3 is 2.41 bits per heavy atom. The number of unbranched alkanes of at least 4 members (excludes halogenated alkanes) is 2. The molecule has 17 heavy (non-hydrogen) atoms. The first-order valence-corrected chi connectivity index (χ1v) is 7.01. The average molecular weight is 241 g/mol. The van der Waals surface area contributed by atoms with Crippen molar-refractivity contribution in [2.45, 2.75) is 46.5 Å². The number of nitrogens with zero attached hydrogens (tertiary/aromatic N) is 1. The Labute approximate surface area is 106 Å². The highest BCUT2D eigenvalue weighted by molar-refractivity contribution is 5.69. The van der Waals surface area contributed by atoms with E-state index >= 15 is 0 Å². The lowest BCUT2D eigenvalue weighted by Gasteiger charge is -2.14. The van der Waals surface area contributed by atoms with Gasteiger partial charge in [-0.15, -0.1) is 0 Å². The van der Waals surface area contributed by atoms with Crippen LogP contribution in [0.2, 0.25) is 0 Å². The molecule has 1 heterocycles. The molecule has 0 saturated carbocycles. The zero-order valence-corrected chi connectivity index (χ0v) is 11.6. The Bertz CT molecular complexity index is 220. The van der Waals surface area contributed by atoms with Crippen molar-refractivity contribution in [3.63, 3.8) is 0 Å². The highest BCUT2D eigenvalue weighted by Gasteiger charge is 2.24. The number of likely N-dealkylation sites (tertiary alicyclic amines) is 1. The largest absolute Gasteiger partial charge is 0.466 e. The predicted octanol–water partition coefficient (Wildman–Crippen LogP) is 2.70. The molecule has 0 spiro atoms. The smallest absolute Gasteiger partial charge is 0.305 e. The van der Waals surface area contributed by atoms with E-state index in [2.05, 4.69) is 18.7 Å². The lowest BCUT2D eigenvalue weighted by atomic mass is 10.0. The average Bonchev–Trinajstić information content (AvgIpc) is 2.58. The molecule has 2 atom stereocenters. The van der Waals surface area contributed by atoms with Crippen LogP contribution >= 0.6 is 0 Å². The fraction of sp³-hybridized carbons (Fsp3) is 0.929. The Balaban J connectivity index is 1.96. The molecule has 1 aliphatic heterocycles. The summed E-state index contributed by atoms with van der Waals surface area (Å²) in [5.41, 5.74) is 0. The van der Waals surface area contributed by atoms with Gasteiger partial charge >= 0.3 is 5.97 Å². The Kier molecular flexibility index (Phi) is 6.56. The van der Waals surface area contributed by atoms with Gasteiger partial charge in [-0.2, -0.15) is 0 Å². The van der Waals surface area contributed by atoms with Gasteiger partial charge in [0, 0.05) is 19.5 Å². The van der Waals surface area contributed by atoms with Crippen LogP contribution in [0.25, 0.3) is 0 Å². The van der Waals surface area contributed by atoms with Gasteiger partial charge < -0.3 is 9.64 Å². The van der Waals surface area contributed by atoms with Gasteiger partial charge in [0.25, 0.3) is 0 Å². The molecule has 3 heteroatoms. The van der Waals surface area contributed by atoms with Crippen molar-refractivity contribution < 1.29 is 9.53 Å². The number of hydrogen-bond donors (Lipinski definition) is 0. The van der Waals surface area contributed by atoms with Crippen molar-refractivity contribution in [1.82, 2.24) is 4.90 Å². The molecule has 100 valence electrons. The third kappa shape index (κ3) is 5.53. The van der Waals surface area contributed by atoms with Gasteiger partial charge in [0.1, 0.15) is 0 Å². The standard InChI is InChI=1S/C14H27NO2/c1-4-17-14(16)8-6-5-7-9-15-10-12(2)13(3)11-15/h12-13H,4-11H2,1-3H3. The quantitative estimate of drug-likeness (QED) is 0.507. The minimum atomic E-state index is -0.0454. The van der Waals surface area contributed by atoms with Crippen LogP contribution in [0, 0.1) is 11.8 Å². The normalized spacial score (nSPS) is 25.1. The molecule has 1 rings (SSSR count). The molecule has 3 nitrogen and oxygen atoms in total. The summed E-state index contributed by atoms with van der Waals surface area (Å²) < 4.78 is 4.90. The fourth-order valence-corrected chi connectivity index (χ4v) is 2.45. The molecule has 0 aliphatic carbocycles. The van der Waals surface area contributed by atoms with Crippen LogP contribution in [-0.4, -0.2) is 37.1 Å². The van der Waals surface area contributed by atoms with E-state index in [4.69, 9.17) is 4.74 Å². The van der Waals surface area contributed by atoms with Gasteiger partial charge in [0.05, 0.1) is 6.61 Å². The molecular formula is C14H27NO2. The van der Waals surface area contributed by atoms with E-state index in [1.54, 1.807) is 0 Å². The van der Waals surface area contributed by atoms with Crippen molar-refractivity contribution >= 4 is 5.97 Å². The number of carbonyl (C=O) groups excluding carboxylic acids is 1. The van der Waals surface area contributed by atoms with Crippen LogP contribution in [0.15, 0.2) is 0 Å². The van der Waals surface area contributed by atoms with E-state index < -0.39 is 0 Å². The Morgan fingerprint density at radius 2 is 1.82 bits per heavy atom. The molecule has 1 fully saturated rings. The van der Waals surface area contributed by atoms with Gasteiger partial charge in [-0.25, -0.2) is 0 Å². The first kappa shape index (κ1) is 14.5. The summed E-state index contributed by atoms with van der Waals surface area (Å²) in [6.07, 6.45) is 3.90. The summed E-state index contributed by atoms with van der Waals surface area (Å²) in [7, 11) is 0. The monoisotopic (exact) mass is 241 g/mol. The fourth-order valence-electron chi connectivity index (χ4n) is 2.45. The third-order valence-electron chi connectivity index (χ3n) is 3.72. The third-order valence-corrected chi connectivity index (χ3v) is 3.72. The van der Waals surface area contributed by atoms with Crippen LogP contribution in [0.4, 0.5) is 0 Å². The van der Waals surface area contributed by atoms with Gasteiger partial charge in [0.15, 0.2) is 0 Å². The molecule has 0 aromatic heterocycles. The molecule has 0 radical (unpaired) electrons. The zero-order valence-electron chi connectivity index (χ0n) is 11.6. The van der Waals surface area contributed by atoms with Crippen LogP contribution in [0.5, 0.6) is 0 Å². The van der Waals surface area contributed by atoms with E-state index in [0.29, 0.717) is 13.0 Å². The summed E-state index contributed by atoms with van der Waals surface area (Å²) in [6.45, 7) is 10.7. The molecule has 2 unspecified atom stereocenters. The second-order valence-corrected chi connectivity index (χ2v) is 5.33. The van der Waals surface area contributed by atoms with Crippen molar-refractivity contribution in [3.05, 3.63) is 0 Å². The van der Waals surface area contributed by atoms with Crippen molar-refractivity contribution in [2.75, 3.05) is 26.2 Å². The number of hydrogen-bond acceptors (Lipinski definition) is 3. The first-order chi connectivity index (χ1) is 8.13. The molecular weight excluding hydrogens is 214 g/mol. The summed E-state index contributed by atoms with van der Waals surface area (Å²) in [5.74, 6) is 1.64. The molecule has 0 N–H and O–H groups in total. The van der Waals surface area contributed by atoms with Crippen LogP contribution in [-0.2, 0) is 9.53 Å². The topological polar surface area (TPSA) is 29.5 Å².